The number of fused-ring (bicyclic) bond motifs is 3. The molecular weight excluding hydrogens is 446 g/mol. The van der Waals surface area contributed by atoms with Crippen molar-refractivity contribution in [2.45, 2.75) is 20.4 Å². The first-order valence-corrected chi connectivity index (χ1v) is 10.9. The lowest BCUT2D eigenvalue weighted by atomic mass is 10.1. The second-order valence-electron chi connectivity index (χ2n) is 8.06. The Hall–Kier alpha value is -4.79. The molecule has 1 N–H and O–H groups in total. The van der Waals surface area contributed by atoms with Gasteiger partial charge in [-0.25, -0.2) is 18.9 Å². The normalized spacial score (nSPS) is 11.0. The molecule has 174 valence electrons. The maximum atomic E-state index is 13.3. The molecule has 9 heteroatoms. The molecule has 0 bridgehead atoms. The maximum absolute atomic E-state index is 13.3. The molecule has 2 aromatic heterocycles. The third-order valence-corrected chi connectivity index (χ3v) is 5.52. The molecule has 0 aliphatic rings. The van der Waals surface area contributed by atoms with E-state index in [1.165, 1.54) is 11.3 Å². The smallest absolute Gasteiger partial charge is 0.351 e. The van der Waals surface area contributed by atoms with E-state index >= 15 is 0 Å². The lowest BCUT2D eigenvalue weighted by Gasteiger charge is -2.09. The van der Waals surface area contributed by atoms with Gasteiger partial charge in [0.25, 0.3) is 5.88 Å². The fourth-order valence-electron chi connectivity index (χ4n) is 3.77. The summed E-state index contributed by atoms with van der Waals surface area (Å²) in [5, 5.41) is 7.09. The molecule has 0 atom stereocenters. The molecule has 35 heavy (non-hydrogen) atoms. The Morgan fingerprint density at radius 1 is 1.00 bits per heavy atom. The van der Waals surface area contributed by atoms with E-state index in [0.29, 0.717) is 28.0 Å². The molecule has 0 aliphatic carbocycles. The molecule has 3 aromatic carbocycles. The Morgan fingerprint density at radius 2 is 1.77 bits per heavy atom. The van der Waals surface area contributed by atoms with E-state index in [4.69, 9.17) is 4.74 Å². The molecule has 0 aliphatic heterocycles. The predicted molar refractivity (Wildman–Crippen MR) is 131 cm³/mol. The highest BCUT2D eigenvalue weighted by molar-refractivity contribution is 5.97. The summed E-state index contributed by atoms with van der Waals surface area (Å²) in [6.45, 7) is 3.03. The summed E-state index contributed by atoms with van der Waals surface area (Å²) in [7, 11) is 0. The van der Waals surface area contributed by atoms with Gasteiger partial charge in [0.2, 0.25) is 11.6 Å². The molecule has 1 amide bonds. The standard InChI is InChI=1S/C26H21N5O4/c1-16-8-3-6-13-22(16)35-25-24-29-30(26(34)31(24)21-12-5-4-11-20(21)28-25)15-23(33)27-19-10-7-9-18(14-19)17(2)32/h3-14H,15H2,1-2H3,(H,27,33). The van der Waals surface area contributed by atoms with Gasteiger partial charge >= 0.3 is 5.69 Å². The van der Waals surface area contributed by atoms with Gasteiger partial charge in [0, 0.05) is 11.3 Å². The summed E-state index contributed by atoms with van der Waals surface area (Å²) in [6.07, 6.45) is 0. The number of benzene rings is 3. The second-order valence-corrected chi connectivity index (χ2v) is 8.06. The van der Waals surface area contributed by atoms with Crippen LogP contribution in [0.1, 0.15) is 22.8 Å². The molecular formula is C26H21N5O4. The van der Waals surface area contributed by atoms with Crippen molar-refractivity contribution < 1.29 is 14.3 Å². The highest BCUT2D eigenvalue weighted by Gasteiger charge is 2.19. The molecule has 5 aromatic rings. The van der Waals surface area contributed by atoms with Crippen molar-refractivity contribution in [3.63, 3.8) is 0 Å². The summed E-state index contributed by atoms with van der Waals surface area (Å²) >= 11 is 0. The van der Waals surface area contributed by atoms with Crippen LogP contribution < -0.4 is 15.7 Å². The van der Waals surface area contributed by atoms with Crippen molar-refractivity contribution in [1.82, 2.24) is 19.2 Å². The summed E-state index contributed by atoms with van der Waals surface area (Å²) in [5.41, 5.74) is 2.62. The van der Waals surface area contributed by atoms with E-state index in [1.807, 2.05) is 31.2 Å². The molecule has 0 radical (unpaired) electrons. The monoisotopic (exact) mass is 467 g/mol. The van der Waals surface area contributed by atoms with E-state index in [-0.39, 0.29) is 23.9 Å². The van der Waals surface area contributed by atoms with Gasteiger partial charge in [-0.15, -0.1) is 5.10 Å². The minimum absolute atomic E-state index is 0.113. The first-order chi connectivity index (χ1) is 16.9. The van der Waals surface area contributed by atoms with Crippen LogP contribution in [0, 0.1) is 6.92 Å². The number of hydrogen-bond donors (Lipinski definition) is 1. The second kappa shape index (κ2) is 8.86. The number of aryl methyl sites for hydroxylation is 1. The van der Waals surface area contributed by atoms with Crippen LogP contribution >= 0.6 is 0 Å². The number of ether oxygens (including phenoxy) is 1. The summed E-state index contributed by atoms with van der Waals surface area (Å²) in [6, 6.07) is 21.2. The zero-order chi connectivity index (χ0) is 24.5. The van der Waals surface area contributed by atoms with Crippen molar-refractivity contribution in [2.24, 2.45) is 0 Å². The molecule has 0 fully saturated rings. The number of ketones is 1. The Balaban J connectivity index is 1.54. The van der Waals surface area contributed by atoms with Crippen LogP contribution in [0.3, 0.4) is 0 Å². The number of Topliss-reactive ketones (excluding diaryl/α,β-unsaturated/α-hetero) is 1. The van der Waals surface area contributed by atoms with Crippen molar-refractivity contribution in [3.05, 3.63) is 94.4 Å². The summed E-state index contributed by atoms with van der Waals surface area (Å²) in [5.74, 6) is 0.166. The zero-order valence-corrected chi connectivity index (χ0v) is 19.1. The van der Waals surface area contributed by atoms with Crippen molar-refractivity contribution in [3.8, 4) is 11.6 Å². The van der Waals surface area contributed by atoms with Gasteiger partial charge < -0.3 is 10.1 Å². The van der Waals surface area contributed by atoms with Crippen molar-refractivity contribution in [1.29, 1.82) is 0 Å². The Labute approximate surface area is 199 Å². The number of amides is 1. The van der Waals surface area contributed by atoms with Crippen LogP contribution in [0.25, 0.3) is 16.7 Å². The largest absolute Gasteiger partial charge is 0.436 e. The van der Waals surface area contributed by atoms with Gasteiger partial charge in [-0.05, 0) is 49.7 Å². The topological polar surface area (TPSA) is 108 Å². The van der Waals surface area contributed by atoms with Crippen LogP contribution in [0.5, 0.6) is 11.6 Å². The summed E-state index contributed by atoms with van der Waals surface area (Å²) in [4.78, 5) is 42.2. The number of carbonyl (C=O) groups is 2. The van der Waals surface area contributed by atoms with Crippen LogP contribution in [0.4, 0.5) is 5.69 Å². The minimum atomic E-state index is -0.499. The molecule has 0 saturated carbocycles. The molecule has 5 rings (SSSR count). The third-order valence-electron chi connectivity index (χ3n) is 5.52. The SMILES string of the molecule is CC(=O)c1cccc(NC(=O)Cn2nc3c(Oc4ccccc4C)nc4ccccc4n3c2=O)c1. The van der Waals surface area contributed by atoms with E-state index in [1.54, 1.807) is 48.5 Å². The molecule has 0 saturated heterocycles. The molecule has 9 nitrogen and oxygen atoms in total. The zero-order valence-electron chi connectivity index (χ0n) is 19.1. The Kier molecular flexibility index (Phi) is 5.58. The lowest BCUT2D eigenvalue weighted by molar-refractivity contribution is -0.117. The van der Waals surface area contributed by atoms with Crippen LogP contribution in [0.15, 0.2) is 77.6 Å². The lowest BCUT2D eigenvalue weighted by Crippen LogP contribution is -2.28. The number of anilines is 1. The van der Waals surface area contributed by atoms with E-state index in [0.717, 1.165) is 10.2 Å². The minimum Gasteiger partial charge on any atom is -0.436 e. The van der Waals surface area contributed by atoms with Gasteiger partial charge in [-0.3, -0.25) is 9.59 Å². The number of carbonyl (C=O) groups excluding carboxylic acids is 2. The molecule has 0 unspecified atom stereocenters. The average Bonchev–Trinajstić information content (AvgIpc) is 3.17. The van der Waals surface area contributed by atoms with Gasteiger partial charge in [-0.2, -0.15) is 0 Å². The number of hydrogen-bond acceptors (Lipinski definition) is 6. The van der Waals surface area contributed by atoms with Gasteiger partial charge in [-0.1, -0.05) is 42.5 Å². The molecule has 2 heterocycles. The maximum Gasteiger partial charge on any atom is 0.351 e. The van der Waals surface area contributed by atoms with Crippen LogP contribution in [-0.4, -0.2) is 30.9 Å². The Bertz CT molecular complexity index is 1670. The van der Waals surface area contributed by atoms with Gasteiger partial charge in [0.1, 0.15) is 12.3 Å². The number of aromatic nitrogens is 4. The third kappa shape index (κ3) is 4.26. The highest BCUT2D eigenvalue weighted by atomic mass is 16.5. The van der Waals surface area contributed by atoms with E-state index in [2.05, 4.69) is 15.4 Å². The van der Waals surface area contributed by atoms with Crippen LogP contribution in [0.2, 0.25) is 0 Å². The average molecular weight is 467 g/mol. The summed E-state index contributed by atoms with van der Waals surface area (Å²) < 4.78 is 8.51. The number of nitrogens with zero attached hydrogens (tertiary/aromatic N) is 4. The molecule has 0 spiro atoms. The van der Waals surface area contributed by atoms with Crippen LogP contribution in [-0.2, 0) is 11.3 Å². The van der Waals surface area contributed by atoms with Crippen molar-refractivity contribution >= 4 is 34.1 Å². The number of para-hydroxylation sites is 3. The quantitative estimate of drug-likeness (QED) is 0.379. The van der Waals surface area contributed by atoms with Gasteiger partial charge in [0.15, 0.2) is 5.78 Å². The first kappa shape index (κ1) is 22.0. The Morgan fingerprint density at radius 3 is 2.57 bits per heavy atom. The van der Waals surface area contributed by atoms with E-state index in [9.17, 15) is 14.4 Å². The van der Waals surface area contributed by atoms with E-state index < -0.39 is 11.6 Å². The fourth-order valence-corrected chi connectivity index (χ4v) is 3.77. The highest BCUT2D eigenvalue weighted by Crippen LogP contribution is 2.28. The van der Waals surface area contributed by atoms with Crippen molar-refractivity contribution in [2.75, 3.05) is 5.32 Å². The predicted octanol–water partition coefficient (Wildman–Crippen LogP) is 3.99. The first-order valence-electron chi connectivity index (χ1n) is 10.9. The fraction of sp³-hybridized carbons (Fsp3) is 0.115. The van der Waals surface area contributed by atoms with Gasteiger partial charge in [0.05, 0.1) is 11.0 Å². The number of nitrogens with one attached hydrogen (secondary N) is 1. The number of rotatable bonds is 6.